The summed E-state index contributed by atoms with van der Waals surface area (Å²) < 4.78 is 0. The molecule has 2 fully saturated rings. The van der Waals surface area contributed by atoms with Crippen molar-refractivity contribution in [3.8, 4) is 0 Å². The fraction of sp³-hybridized carbons (Fsp3) is 0.591. The van der Waals surface area contributed by atoms with Gasteiger partial charge in [0.1, 0.15) is 5.54 Å². The third kappa shape index (κ3) is 4.71. The van der Waals surface area contributed by atoms with Gasteiger partial charge in [-0.05, 0) is 49.7 Å². The molecule has 1 aromatic carbocycles. The van der Waals surface area contributed by atoms with E-state index in [4.69, 9.17) is 4.99 Å². The molecule has 2 aliphatic rings. The van der Waals surface area contributed by atoms with E-state index in [1.165, 1.54) is 11.1 Å². The summed E-state index contributed by atoms with van der Waals surface area (Å²) in [6.07, 6.45) is 1.66. The van der Waals surface area contributed by atoms with Crippen LogP contribution in [0.25, 0.3) is 0 Å². The molecular weight excluding hydrogens is 366 g/mol. The molecule has 0 bridgehead atoms. The van der Waals surface area contributed by atoms with E-state index in [-0.39, 0.29) is 11.8 Å². The lowest BCUT2D eigenvalue weighted by molar-refractivity contribution is -0.125. The van der Waals surface area contributed by atoms with Crippen LogP contribution in [0.3, 0.4) is 0 Å². The van der Waals surface area contributed by atoms with Crippen molar-refractivity contribution >= 4 is 17.9 Å². The summed E-state index contributed by atoms with van der Waals surface area (Å²) in [5, 5.41) is 8.57. The Hall–Kier alpha value is -2.57. The topological polar surface area (TPSA) is 85.8 Å². The number of urea groups is 1. The zero-order valence-corrected chi connectivity index (χ0v) is 17.9. The van der Waals surface area contributed by atoms with E-state index < -0.39 is 11.6 Å². The number of amides is 3. The minimum absolute atomic E-state index is 0.122. The highest BCUT2D eigenvalue weighted by molar-refractivity contribution is 6.07. The lowest BCUT2D eigenvalue weighted by atomic mass is 9.79. The second-order valence-corrected chi connectivity index (χ2v) is 8.44. The predicted molar refractivity (Wildman–Crippen MR) is 115 cm³/mol. The first-order chi connectivity index (χ1) is 13.8. The van der Waals surface area contributed by atoms with Crippen LogP contribution in [-0.4, -0.2) is 48.0 Å². The number of hydrogen-bond donors (Lipinski definition) is 3. The van der Waals surface area contributed by atoms with Crippen molar-refractivity contribution in [3.05, 3.63) is 35.4 Å². The van der Waals surface area contributed by atoms with Crippen molar-refractivity contribution in [3.63, 3.8) is 0 Å². The Kier molecular flexibility index (Phi) is 6.45. The van der Waals surface area contributed by atoms with Crippen LogP contribution in [0.5, 0.6) is 0 Å². The Morgan fingerprint density at radius 1 is 1.24 bits per heavy atom. The first-order valence-electron chi connectivity index (χ1n) is 10.6. The lowest BCUT2D eigenvalue weighted by Crippen LogP contribution is -2.55. The van der Waals surface area contributed by atoms with E-state index in [1.54, 1.807) is 0 Å². The molecule has 0 aliphatic carbocycles. The summed E-state index contributed by atoms with van der Waals surface area (Å²) in [5.41, 5.74) is 1.72. The number of guanidine groups is 1. The highest BCUT2D eigenvalue weighted by Crippen LogP contribution is 2.30. The second kappa shape index (κ2) is 8.84. The van der Waals surface area contributed by atoms with E-state index in [0.29, 0.717) is 12.5 Å². The van der Waals surface area contributed by atoms with Crippen LogP contribution in [0.15, 0.2) is 29.3 Å². The van der Waals surface area contributed by atoms with E-state index in [1.807, 2.05) is 6.92 Å². The van der Waals surface area contributed by atoms with Crippen LogP contribution in [-0.2, 0) is 11.3 Å². The average molecular weight is 400 g/mol. The Labute approximate surface area is 173 Å². The zero-order valence-electron chi connectivity index (χ0n) is 17.9. The maximum absolute atomic E-state index is 12.2. The Morgan fingerprint density at radius 3 is 2.41 bits per heavy atom. The minimum Gasteiger partial charge on any atom is -0.357 e. The molecule has 0 spiro atoms. The number of aliphatic imine (C=N–C) groups is 1. The number of rotatable bonds is 5. The summed E-state index contributed by atoms with van der Waals surface area (Å²) in [6, 6.07) is 8.26. The molecule has 29 heavy (non-hydrogen) atoms. The molecule has 0 radical (unpaired) electrons. The molecule has 1 atom stereocenters. The van der Waals surface area contributed by atoms with Gasteiger partial charge in [0.25, 0.3) is 5.91 Å². The molecule has 2 aliphatic heterocycles. The van der Waals surface area contributed by atoms with Gasteiger partial charge in [0.15, 0.2) is 5.96 Å². The standard InChI is InChI=1S/C22H33N5O2/c1-5-23-20(24-14-16-6-8-17(9-7-16)15(2)3)27-12-10-18(11-13-27)22(4)19(28)25-21(29)26-22/h6-9,15,18H,5,10-14H2,1-4H3,(H,23,24)(H2,25,26,28,29). The zero-order chi connectivity index (χ0) is 21.0. The van der Waals surface area contributed by atoms with Crippen LogP contribution in [0, 0.1) is 5.92 Å². The molecule has 3 rings (SSSR count). The molecule has 7 heteroatoms. The largest absolute Gasteiger partial charge is 0.357 e. The molecule has 3 amide bonds. The highest BCUT2D eigenvalue weighted by Gasteiger charge is 2.48. The molecule has 1 unspecified atom stereocenters. The van der Waals surface area contributed by atoms with E-state index in [2.05, 4.69) is 65.9 Å². The number of benzene rings is 1. The smallest absolute Gasteiger partial charge is 0.322 e. The van der Waals surface area contributed by atoms with Crippen molar-refractivity contribution in [2.24, 2.45) is 10.9 Å². The molecule has 1 aromatic rings. The maximum Gasteiger partial charge on any atom is 0.322 e. The van der Waals surface area contributed by atoms with Gasteiger partial charge < -0.3 is 15.5 Å². The van der Waals surface area contributed by atoms with Crippen LogP contribution in [0.2, 0.25) is 0 Å². The van der Waals surface area contributed by atoms with Crippen molar-refractivity contribution in [2.45, 2.75) is 58.5 Å². The third-order valence-electron chi connectivity index (χ3n) is 6.08. The molecule has 0 saturated carbocycles. The Morgan fingerprint density at radius 2 is 1.90 bits per heavy atom. The number of nitrogens with zero attached hydrogens (tertiary/aromatic N) is 2. The van der Waals surface area contributed by atoms with E-state index in [9.17, 15) is 9.59 Å². The summed E-state index contributed by atoms with van der Waals surface area (Å²) in [7, 11) is 0. The molecule has 7 nitrogen and oxygen atoms in total. The van der Waals surface area contributed by atoms with E-state index >= 15 is 0 Å². The second-order valence-electron chi connectivity index (χ2n) is 8.44. The number of carbonyl (C=O) groups excluding carboxylic acids is 2. The molecule has 2 saturated heterocycles. The maximum atomic E-state index is 12.2. The average Bonchev–Trinajstić information content (AvgIpc) is 2.98. The van der Waals surface area contributed by atoms with Gasteiger partial charge in [0, 0.05) is 19.6 Å². The Bertz CT molecular complexity index is 766. The molecule has 158 valence electrons. The van der Waals surface area contributed by atoms with E-state index in [0.717, 1.165) is 38.4 Å². The highest BCUT2D eigenvalue weighted by atomic mass is 16.2. The predicted octanol–water partition coefficient (Wildman–Crippen LogP) is 2.59. The third-order valence-corrected chi connectivity index (χ3v) is 6.08. The van der Waals surface area contributed by atoms with Gasteiger partial charge in [-0.15, -0.1) is 0 Å². The van der Waals surface area contributed by atoms with Gasteiger partial charge in [-0.3, -0.25) is 10.1 Å². The van der Waals surface area contributed by atoms with Gasteiger partial charge in [0.2, 0.25) is 0 Å². The van der Waals surface area contributed by atoms with Gasteiger partial charge in [0.05, 0.1) is 6.54 Å². The van der Waals surface area contributed by atoms with Crippen LogP contribution >= 0.6 is 0 Å². The summed E-state index contributed by atoms with van der Waals surface area (Å²) in [6.45, 7) is 11.3. The van der Waals surface area contributed by atoms with Crippen LogP contribution in [0.1, 0.15) is 57.6 Å². The number of carbonyl (C=O) groups is 2. The summed E-state index contributed by atoms with van der Waals surface area (Å²) in [4.78, 5) is 30.9. The minimum atomic E-state index is -0.809. The summed E-state index contributed by atoms with van der Waals surface area (Å²) in [5.74, 6) is 1.34. The monoisotopic (exact) mass is 399 g/mol. The normalized spacial score (nSPS) is 23.3. The quantitative estimate of drug-likeness (QED) is 0.404. The first kappa shape index (κ1) is 21.1. The molecule has 0 aromatic heterocycles. The molecule has 2 heterocycles. The van der Waals surface area contributed by atoms with Gasteiger partial charge in [-0.2, -0.15) is 0 Å². The molecule has 3 N–H and O–H groups in total. The first-order valence-corrected chi connectivity index (χ1v) is 10.6. The number of nitrogens with one attached hydrogen (secondary N) is 3. The number of piperidine rings is 1. The van der Waals surface area contributed by atoms with Gasteiger partial charge in [-0.25, -0.2) is 9.79 Å². The number of likely N-dealkylation sites (tertiary alicyclic amines) is 1. The van der Waals surface area contributed by atoms with Crippen LogP contribution in [0.4, 0.5) is 4.79 Å². The van der Waals surface area contributed by atoms with Crippen molar-refractivity contribution < 1.29 is 9.59 Å². The Balaban J connectivity index is 1.62. The molecular formula is C22H33N5O2. The van der Waals surface area contributed by atoms with Gasteiger partial charge >= 0.3 is 6.03 Å². The lowest BCUT2D eigenvalue weighted by Gasteiger charge is -2.39. The van der Waals surface area contributed by atoms with Crippen molar-refractivity contribution in [1.82, 2.24) is 20.9 Å². The van der Waals surface area contributed by atoms with Crippen LogP contribution < -0.4 is 16.0 Å². The fourth-order valence-corrected chi connectivity index (χ4v) is 4.11. The summed E-state index contributed by atoms with van der Waals surface area (Å²) >= 11 is 0. The number of imide groups is 1. The fourth-order valence-electron chi connectivity index (χ4n) is 4.11. The van der Waals surface area contributed by atoms with Crippen molar-refractivity contribution in [1.29, 1.82) is 0 Å². The van der Waals surface area contributed by atoms with Crippen molar-refractivity contribution in [2.75, 3.05) is 19.6 Å². The number of hydrogen-bond acceptors (Lipinski definition) is 3. The van der Waals surface area contributed by atoms with Gasteiger partial charge in [-0.1, -0.05) is 38.1 Å². The SMILES string of the molecule is CCNC(=NCc1ccc(C(C)C)cc1)N1CCC(C2(C)NC(=O)NC2=O)CC1.